The van der Waals surface area contributed by atoms with Crippen molar-refractivity contribution < 1.29 is 24.2 Å². The van der Waals surface area contributed by atoms with Crippen molar-refractivity contribution in [2.45, 2.75) is 118 Å². The molecular weight excluding hydrogens is 690 g/mol. The second-order valence-electron chi connectivity index (χ2n) is 15.4. The summed E-state index contributed by atoms with van der Waals surface area (Å²) in [5, 5.41) is 0.763. The summed E-state index contributed by atoms with van der Waals surface area (Å²) in [6.45, 7) is 28.0. The summed E-state index contributed by atoms with van der Waals surface area (Å²) in [6, 6.07) is 21.4. The Kier molecular flexibility index (Phi) is 17.3. The van der Waals surface area contributed by atoms with Crippen LogP contribution in [0.4, 0.5) is 0 Å². The van der Waals surface area contributed by atoms with Crippen LogP contribution < -0.4 is 0 Å². The second kappa shape index (κ2) is 17.8. The average molecular weight is 744 g/mol. The normalized spacial score (nSPS) is 12.9. The van der Waals surface area contributed by atoms with Gasteiger partial charge in [-0.2, -0.15) is 54.1 Å². The molecule has 0 aromatic heterocycles. The number of hydrogen-bond acceptors (Lipinski definition) is 0. The molecule has 0 heterocycles. The fraction of sp³-hybridized carbons (Fsp3) is 0.439. The van der Waals surface area contributed by atoms with Gasteiger partial charge in [-0.15, -0.1) is 59.5 Å². The molecule has 5 rings (SSSR count). The van der Waals surface area contributed by atoms with Crippen LogP contribution in [0, 0.1) is 18.2 Å². The van der Waals surface area contributed by atoms with Crippen molar-refractivity contribution in [3.63, 3.8) is 0 Å². The van der Waals surface area contributed by atoms with E-state index in [1.807, 2.05) is 12.2 Å². The molecule has 0 atom stereocenters. The van der Waals surface area contributed by atoms with Crippen LogP contribution in [0.2, 0.25) is 5.02 Å². The molecule has 4 heteroatoms. The SMILES string of the molecule is CC(C)(C)c1[c-]c2c(cc1C(C)(C)C)-c1cc(C(C)(C)C)c(C(C)(C)C)cc1C2.Cl.Cl.Clc1cc[c-]cc1.[C-]1=CC=CC1.[CH2]=[Zr]. The Labute approximate surface area is 308 Å². The predicted octanol–water partition coefficient (Wildman–Crippen LogP) is 12.5. The zero-order valence-corrected chi connectivity index (χ0v) is 34.4. The minimum atomic E-state index is 0. The first-order valence-corrected chi connectivity index (χ1v) is 17.4. The van der Waals surface area contributed by atoms with E-state index < -0.39 is 0 Å². The number of halogens is 3. The quantitative estimate of drug-likeness (QED) is 0.157. The third-order valence-electron chi connectivity index (χ3n) is 7.50. The van der Waals surface area contributed by atoms with Crippen LogP contribution in [0.1, 0.15) is 123 Å². The molecule has 0 aliphatic heterocycles. The molecule has 45 heavy (non-hydrogen) atoms. The number of hydrogen-bond donors (Lipinski definition) is 0. The zero-order valence-electron chi connectivity index (χ0n) is 29.6. The van der Waals surface area contributed by atoms with Crippen molar-refractivity contribution in [3.8, 4) is 11.1 Å². The summed E-state index contributed by atoms with van der Waals surface area (Å²) < 4.78 is 3.34. The van der Waals surface area contributed by atoms with Crippen LogP contribution in [-0.2, 0) is 52.3 Å². The molecule has 0 nitrogen and oxygen atoms in total. The number of rotatable bonds is 0. The summed E-state index contributed by atoms with van der Waals surface area (Å²) in [6.07, 6.45) is 11.0. The van der Waals surface area contributed by atoms with Crippen molar-refractivity contribution in [2.24, 2.45) is 0 Å². The molecule has 246 valence electrons. The standard InChI is InChI=1S/C29H41.C6H4Cl.C5H5.CH2.2ClH.Zr/c1-26(2,3)22-14-18-13-19-15-23(27(4,5)6)25(29(10,11)12)17-21(19)20(18)16-24(22)28(7,8)9;7-6-4-2-1-3-5-6;1-2-4-5-3-1;;;;/h14,16-17H,13H2,1-12H3;2-5H;1-3H,4H2;1H2;2*1H;/q3*-1;;;;. The molecular formula is C41H54Cl3Zr-3. The third kappa shape index (κ3) is 12.4. The number of fused-ring (bicyclic) bond motifs is 3. The molecule has 0 N–H and O–H groups in total. The van der Waals surface area contributed by atoms with E-state index in [9.17, 15) is 0 Å². The van der Waals surface area contributed by atoms with E-state index in [4.69, 9.17) is 11.6 Å². The van der Waals surface area contributed by atoms with E-state index in [-0.39, 0.29) is 46.5 Å². The molecule has 2 aliphatic rings. The molecule has 0 bridgehead atoms. The van der Waals surface area contributed by atoms with E-state index in [0.29, 0.717) is 0 Å². The summed E-state index contributed by atoms with van der Waals surface area (Å²) in [5.41, 5.74) is 11.9. The second-order valence-corrected chi connectivity index (χ2v) is 15.8. The van der Waals surface area contributed by atoms with Gasteiger partial charge in [-0.05, 0) is 39.4 Å². The first kappa shape index (κ1) is 43.8. The van der Waals surface area contributed by atoms with Crippen LogP contribution in [-0.4, -0.2) is 4.21 Å². The van der Waals surface area contributed by atoms with Gasteiger partial charge in [0.1, 0.15) is 0 Å². The fourth-order valence-corrected chi connectivity index (χ4v) is 5.46. The maximum absolute atomic E-state index is 5.52. The minimum absolute atomic E-state index is 0. The number of allylic oxidation sites excluding steroid dienone is 4. The Morgan fingerprint density at radius 3 is 1.53 bits per heavy atom. The monoisotopic (exact) mass is 741 g/mol. The molecule has 0 saturated heterocycles. The van der Waals surface area contributed by atoms with E-state index in [1.54, 1.807) is 24.3 Å². The van der Waals surface area contributed by atoms with Gasteiger partial charge in [0, 0.05) is 0 Å². The molecule has 0 unspecified atom stereocenters. The Morgan fingerprint density at radius 2 is 1.18 bits per heavy atom. The molecule has 0 amide bonds. The fourth-order valence-electron chi connectivity index (χ4n) is 5.33. The van der Waals surface area contributed by atoms with Crippen molar-refractivity contribution in [1.29, 1.82) is 0 Å². The summed E-state index contributed by atoms with van der Waals surface area (Å²) in [5.74, 6) is 0. The van der Waals surface area contributed by atoms with Gasteiger partial charge in [-0.3, -0.25) is 6.08 Å². The third-order valence-corrected chi connectivity index (χ3v) is 7.75. The number of benzene rings is 3. The van der Waals surface area contributed by atoms with Gasteiger partial charge in [-0.1, -0.05) is 111 Å². The van der Waals surface area contributed by atoms with E-state index in [0.717, 1.165) is 17.9 Å². The van der Waals surface area contributed by atoms with Crippen LogP contribution in [0.25, 0.3) is 11.1 Å². The Morgan fingerprint density at radius 1 is 0.689 bits per heavy atom. The van der Waals surface area contributed by atoms with Crippen LogP contribution in [0.5, 0.6) is 0 Å². The summed E-state index contributed by atoms with van der Waals surface area (Å²) in [7, 11) is 0. The van der Waals surface area contributed by atoms with Crippen molar-refractivity contribution in [3.05, 3.63) is 117 Å². The Hall–Kier alpha value is -1.24. The van der Waals surface area contributed by atoms with Gasteiger partial charge in [0.25, 0.3) is 0 Å². The van der Waals surface area contributed by atoms with Gasteiger partial charge in [-0.25, -0.2) is 12.2 Å². The maximum atomic E-state index is 5.52. The van der Waals surface area contributed by atoms with Gasteiger partial charge < -0.3 is 0 Å². The van der Waals surface area contributed by atoms with Crippen LogP contribution in [0.15, 0.2) is 60.7 Å². The van der Waals surface area contributed by atoms with Crippen molar-refractivity contribution >= 4 is 40.6 Å². The predicted molar refractivity (Wildman–Crippen MR) is 202 cm³/mol. The van der Waals surface area contributed by atoms with Crippen molar-refractivity contribution in [1.82, 2.24) is 0 Å². The average Bonchev–Trinajstić information content (AvgIpc) is 3.59. The van der Waals surface area contributed by atoms with E-state index >= 15 is 0 Å². The van der Waals surface area contributed by atoms with Crippen molar-refractivity contribution in [2.75, 3.05) is 0 Å². The Balaban J connectivity index is 0.000000999. The van der Waals surface area contributed by atoms with Gasteiger partial charge >= 0.3 is 28.4 Å². The van der Waals surface area contributed by atoms with Gasteiger partial charge in [0.15, 0.2) is 0 Å². The first-order valence-electron chi connectivity index (χ1n) is 15.3. The topological polar surface area (TPSA) is 0 Å². The van der Waals surface area contributed by atoms with Crippen LogP contribution in [0.3, 0.4) is 0 Å². The zero-order chi connectivity index (χ0) is 32.8. The summed E-state index contributed by atoms with van der Waals surface area (Å²) >= 11 is 6.82. The summed E-state index contributed by atoms with van der Waals surface area (Å²) in [4.78, 5) is 0. The van der Waals surface area contributed by atoms with E-state index in [1.165, 1.54) is 68.7 Å². The molecule has 0 fully saturated rings. The molecule has 3 aromatic carbocycles. The van der Waals surface area contributed by atoms with E-state index in [2.05, 4.69) is 130 Å². The molecule has 3 aromatic rings. The van der Waals surface area contributed by atoms with Gasteiger partial charge in [0.05, 0.1) is 0 Å². The van der Waals surface area contributed by atoms with Gasteiger partial charge in [0.2, 0.25) is 0 Å². The van der Waals surface area contributed by atoms with Crippen LogP contribution >= 0.6 is 36.4 Å². The Bertz CT molecular complexity index is 1330. The molecule has 0 saturated carbocycles. The first-order chi connectivity index (χ1) is 19.8. The molecule has 2 aliphatic carbocycles. The molecule has 0 spiro atoms. The molecule has 0 radical (unpaired) electrons.